The first-order valence-corrected chi connectivity index (χ1v) is 10.5. The summed E-state index contributed by atoms with van der Waals surface area (Å²) in [4.78, 5) is 13.3. The topological polar surface area (TPSA) is 62.7 Å². The molecule has 31 heavy (non-hydrogen) atoms. The van der Waals surface area contributed by atoms with Gasteiger partial charge in [0.1, 0.15) is 5.82 Å². The van der Waals surface area contributed by atoms with Crippen LogP contribution in [0.1, 0.15) is 37.7 Å². The van der Waals surface area contributed by atoms with Crippen LogP contribution in [0.2, 0.25) is 5.02 Å². The average molecular weight is 448 g/mol. The van der Waals surface area contributed by atoms with Gasteiger partial charge in [-0.1, -0.05) is 43.0 Å². The number of alkyl halides is 3. The zero-order valence-electron chi connectivity index (χ0n) is 16.6. The lowest BCUT2D eigenvalue weighted by atomic mass is 9.96. The van der Waals surface area contributed by atoms with E-state index in [0.717, 1.165) is 31.7 Å². The summed E-state index contributed by atoms with van der Waals surface area (Å²) < 4.78 is 40.5. The van der Waals surface area contributed by atoms with Crippen molar-refractivity contribution < 1.29 is 13.2 Å². The van der Waals surface area contributed by atoms with Crippen LogP contribution in [0.25, 0.3) is 11.4 Å². The zero-order valence-corrected chi connectivity index (χ0v) is 17.3. The Bertz CT molecular complexity index is 1040. The van der Waals surface area contributed by atoms with Gasteiger partial charge in [0.05, 0.1) is 27.7 Å². The highest BCUT2D eigenvalue weighted by Crippen LogP contribution is 2.40. The molecule has 2 N–H and O–H groups in total. The molecule has 162 valence electrons. The molecule has 1 saturated carbocycles. The number of hydrogen-bond donors (Lipinski definition) is 2. The highest BCUT2D eigenvalue weighted by molar-refractivity contribution is 6.33. The van der Waals surface area contributed by atoms with Gasteiger partial charge in [-0.3, -0.25) is 4.98 Å². The van der Waals surface area contributed by atoms with Gasteiger partial charge < -0.3 is 10.6 Å². The lowest BCUT2D eigenvalue weighted by molar-refractivity contribution is -0.136. The number of hydrogen-bond acceptors (Lipinski definition) is 5. The third-order valence-corrected chi connectivity index (χ3v) is 5.48. The van der Waals surface area contributed by atoms with E-state index in [4.69, 9.17) is 11.6 Å². The third-order valence-electron chi connectivity index (χ3n) is 5.16. The molecule has 1 aliphatic carbocycles. The van der Waals surface area contributed by atoms with Crippen molar-refractivity contribution in [3.8, 4) is 11.4 Å². The first-order chi connectivity index (χ1) is 14.9. The van der Waals surface area contributed by atoms with Gasteiger partial charge in [-0.05, 0) is 37.1 Å². The van der Waals surface area contributed by atoms with E-state index in [2.05, 4.69) is 25.6 Å². The fraction of sp³-hybridized carbons (Fsp3) is 0.318. The molecule has 0 saturated heterocycles. The number of halogens is 4. The summed E-state index contributed by atoms with van der Waals surface area (Å²) in [5.41, 5.74) is -0.0161. The maximum Gasteiger partial charge on any atom is 0.418 e. The molecular formula is C22H21ClF3N5. The molecule has 2 aromatic heterocycles. The summed E-state index contributed by atoms with van der Waals surface area (Å²) in [6.07, 6.45) is 2.52. The molecule has 4 rings (SSSR count). The molecule has 2 heterocycles. The van der Waals surface area contributed by atoms with E-state index in [1.165, 1.54) is 18.6 Å². The molecule has 1 fully saturated rings. The van der Waals surface area contributed by atoms with Crippen molar-refractivity contribution in [3.63, 3.8) is 0 Å². The van der Waals surface area contributed by atoms with Crippen LogP contribution in [0.5, 0.6) is 0 Å². The average Bonchev–Trinajstić information content (AvgIpc) is 2.75. The van der Waals surface area contributed by atoms with Gasteiger partial charge in [0.15, 0.2) is 0 Å². The Hall–Kier alpha value is -2.87. The molecule has 0 atom stereocenters. The Morgan fingerprint density at radius 1 is 0.935 bits per heavy atom. The number of aromatic nitrogens is 3. The molecular weight excluding hydrogens is 427 g/mol. The Labute approximate surface area is 183 Å². The molecule has 0 unspecified atom stereocenters. The van der Waals surface area contributed by atoms with Crippen LogP contribution in [0.15, 0.2) is 48.7 Å². The molecule has 0 bridgehead atoms. The van der Waals surface area contributed by atoms with Gasteiger partial charge in [-0.15, -0.1) is 0 Å². The van der Waals surface area contributed by atoms with Crippen LogP contribution >= 0.6 is 11.6 Å². The normalized spacial score (nSPS) is 15.0. The fourth-order valence-electron chi connectivity index (χ4n) is 3.67. The maximum atomic E-state index is 13.5. The molecule has 1 aliphatic rings. The van der Waals surface area contributed by atoms with E-state index in [9.17, 15) is 13.2 Å². The number of benzene rings is 1. The predicted molar refractivity (Wildman–Crippen MR) is 115 cm³/mol. The lowest BCUT2D eigenvalue weighted by Gasteiger charge is -2.23. The summed E-state index contributed by atoms with van der Waals surface area (Å²) in [7, 11) is 0. The second-order valence-corrected chi connectivity index (χ2v) is 7.85. The Morgan fingerprint density at radius 3 is 2.45 bits per heavy atom. The first-order valence-electron chi connectivity index (χ1n) is 10.1. The van der Waals surface area contributed by atoms with Crippen LogP contribution in [0.3, 0.4) is 0 Å². The number of anilines is 3. The molecule has 1 aromatic carbocycles. The SMILES string of the molecule is FC(F)(F)c1cccc(Cl)c1Nc1cc(-c2ccccn2)nc(NC2CCCCC2)n1. The van der Waals surface area contributed by atoms with Crippen molar-refractivity contribution in [2.24, 2.45) is 0 Å². The summed E-state index contributed by atoms with van der Waals surface area (Å²) >= 11 is 6.10. The Kier molecular flexibility index (Phi) is 6.27. The molecule has 0 amide bonds. The van der Waals surface area contributed by atoms with Gasteiger partial charge in [-0.2, -0.15) is 18.2 Å². The molecule has 3 aromatic rings. The largest absolute Gasteiger partial charge is 0.418 e. The number of rotatable bonds is 5. The van der Waals surface area contributed by atoms with Crippen molar-refractivity contribution in [1.29, 1.82) is 0 Å². The lowest BCUT2D eigenvalue weighted by Crippen LogP contribution is -2.23. The minimum atomic E-state index is -4.56. The molecule has 5 nitrogen and oxygen atoms in total. The molecule has 9 heteroatoms. The van der Waals surface area contributed by atoms with Crippen molar-refractivity contribution in [3.05, 3.63) is 59.2 Å². The predicted octanol–water partition coefficient (Wildman–Crippen LogP) is 6.70. The molecule has 0 spiro atoms. The van der Waals surface area contributed by atoms with E-state index in [1.54, 1.807) is 24.4 Å². The van der Waals surface area contributed by atoms with Crippen molar-refractivity contribution >= 4 is 29.1 Å². The van der Waals surface area contributed by atoms with Gasteiger partial charge in [0.2, 0.25) is 5.95 Å². The second kappa shape index (κ2) is 9.09. The van der Waals surface area contributed by atoms with Crippen molar-refractivity contribution in [2.45, 2.75) is 44.3 Å². The number of nitrogens with zero attached hydrogens (tertiary/aromatic N) is 3. The molecule has 0 radical (unpaired) electrons. The summed E-state index contributed by atoms with van der Waals surface area (Å²) in [5, 5.41) is 6.05. The van der Waals surface area contributed by atoms with Crippen molar-refractivity contribution in [1.82, 2.24) is 15.0 Å². The summed E-state index contributed by atoms with van der Waals surface area (Å²) in [6.45, 7) is 0. The van der Waals surface area contributed by atoms with Gasteiger partial charge in [0, 0.05) is 18.3 Å². The summed E-state index contributed by atoms with van der Waals surface area (Å²) in [6, 6.07) is 10.8. The third kappa shape index (κ3) is 5.25. The number of para-hydroxylation sites is 1. The van der Waals surface area contributed by atoms with Crippen LogP contribution in [-0.4, -0.2) is 21.0 Å². The minimum Gasteiger partial charge on any atom is -0.351 e. The van der Waals surface area contributed by atoms with E-state index in [0.29, 0.717) is 17.3 Å². The van der Waals surface area contributed by atoms with Crippen LogP contribution in [0.4, 0.5) is 30.6 Å². The standard InChI is InChI=1S/C22H21ClF3N5/c23-16-10-6-9-15(22(24,25)26)20(16)30-19-13-18(17-11-4-5-12-27-17)29-21(31-19)28-14-7-2-1-3-8-14/h4-6,9-14H,1-3,7-8H2,(H2,28,29,30,31). The van der Waals surface area contributed by atoms with Gasteiger partial charge in [0.25, 0.3) is 0 Å². The van der Waals surface area contributed by atoms with E-state index in [1.807, 2.05) is 6.07 Å². The fourth-order valence-corrected chi connectivity index (χ4v) is 3.89. The van der Waals surface area contributed by atoms with Gasteiger partial charge >= 0.3 is 6.18 Å². The van der Waals surface area contributed by atoms with Crippen LogP contribution in [-0.2, 0) is 6.18 Å². The smallest absolute Gasteiger partial charge is 0.351 e. The van der Waals surface area contributed by atoms with Crippen molar-refractivity contribution in [2.75, 3.05) is 10.6 Å². The Morgan fingerprint density at radius 2 is 1.74 bits per heavy atom. The van der Waals surface area contributed by atoms with E-state index >= 15 is 0 Å². The first kappa shape index (κ1) is 21.4. The van der Waals surface area contributed by atoms with E-state index in [-0.39, 0.29) is 22.6 Å². The van der Waals surface area contributed by atoms with Gasteiger partial charge in [-0.25, -0.2) is 4.98 Å². The number of nitrogens with one attached hydrogen (secondary N) is 2. The minimum absolute atomic E-state index is 0.0467. The second-order valence-electron chi connectivity index (χ2n) is 7.44. The number of pyridine rings is 1. The van der Waals surface area contributed by atoms with E-state index < -0.39 is 11.7 Å². The quantitative estimate of drug-likeness (QED) is 0.455. The Balaban J connectivity index is 1.73. The summed E-state index contributed by atoms with van der Waals surface area (Å²) in [5.74, 6) is 0.547. The molecule has 0 aliphatic heterocycles. The highest BCUT2D eigenvalue weighted by Gasteiger charge is 2.34. The van der Waals surface area contributed by atoms with Crippen LogP contribution < -0.4 is 10.6 Å². The van der Waals surface area contributed by atoms with Crippen LogP contribution in [0, 0.1) is 0 Å². The zero-order chi connectivity index (χ0) is 21.8. The maximum absolute atomic E-state index is 13.5. The monoisotopic (exact) mass is 447 g/mol. The highest BCUT2D eigenvalue weighted by atomic mass is 35.5.